The number of sulfonamides is 1. The van der Waals surface area contributed by atoms with E-state index in [-0.39, 0.29) is 22.5 Å². The van der Waals surface area contributed by atoms with E-state index in [0.717, 1.165) is 5.56 Å². The molecule has 0 saturated carbocycles. The molecule has 2 N–H and O–H groups in total. The van der Waals surface area contributed by atoms with E-state index in [0.29, 0.717) is 30.8 Å². The fourth-order valence-corrected chi connectivity index (χ4v) is 4.64. The highest BCUT2D eigenvalue weighted by Crippen LogP contribution is 2.31. The molecule has 26 heavy (non-hydrogen) atoms. The Kier molecular flexibility index (Phi) is 4.91. The molecule has 0 fully saturated rings. The molecule has 0 unspecified atom stereocenters. The number of hydrogen-bond acceptors (Lipinski definition) is 4. The van der Waals surface area contributed by atoms with E-state index >= 15 is 0 Å². The molecule has 1 aliphatic rings. The van der Waals surface area contributed by atoms with E-state index < -0.39 is 10.0 Å². The van der Waals surface area contributed by atoms with Crippen LogP contribution in [0.3, 0.4) is 0 Å². The van der Waals surface area contributed by atoms with E-state index in [4.69, 9.17) is 0 Å². The minimum atomic E-state index is -3.80. The summed E-state index contributed by atoms with van der Waals surface area (Å²) >= 11 is 0. The summed E-state index contributed by atoms with van der Waals surface area (Å²) in [6, 6.07) is 11.0. The molecule has 0 bridgehead atoms. The second-order valence-electron chi connectivity index (χ2n) is 6.82. The molecule has 1 aliphatic heterocycles. The van der Waals surface area contributed by atoms with Crippen molar-refractivity contribution in [2.75, 3.05) is 16.2 Å². The number of fused-ring (bicyclic) bond motifs is 1. The molecule has 6 nitrogen and oxygen atoms in total. The second-order valence-corrected chi connectivity index (χ2v) is 8.68. The summed E-state index contributed by atoms with van der Waals surface area (Å²) in [6.45, 7) is 4.17. The van der Waals surface area contributed by atoms with Crippen LogP contribution in [0.1, 0.15) is 25.8 Å². The highest BCUT2D eigenvalue weighted by molar-refractivity contribution is 7.92. The number of nitrogens with zero attached hydrogens (tertiary/aromatic N) is 1. The van der Waals surface area contributed by atoms with Gasteiger partial charge in [0.15, 0.2) is 0 Å². The fourth-order valence-electron chi connectivity index (χ4n) is 2.97. The number of aryl methyl sites for hydroxylation is 1. The first-order valence-electron chi connectivity index (χ1n) is 8.52. The van der Waals surface area contributed by atoms with Gasteiger partial charge in [0, 0.05) is 24.7 Å². The first kappa shape index (κ1) is 18.3. The van der Waals surface area contributed by atoms with Crippen LogP contribution in [0.5, 0.6) is 5.75 Å². The molecule has 0 atom stereocenters. The standard InChI is InChI=1S/C19H22N2O4S/c1-13(2)12-21(15-4-3-5-16(22)11-15)26(24,25)17-7-8-18-14(10-17)6-9-19(23)20-18/h3-5,7-8,10-11,13,22H,6,9,12H2,1-2H3,(H,20,23). The molecule has 0 aromatic heterocycles. The van der Waals surface area contributed by atoms with E-state index in [1.807, 2.05) is 13.8 Å². The predicted molar refractivity (Wildman–Crippen MR) is 101 cm³/mol. The number of phenolic OH excluding ortho intramolecular Hbond substituents is 1. The summed E-state index contributed by atoms with van der Waals surface area (Å²) in [5, 5.41) is 12.5. The van der Waals surface area contributed by atoms with E-state index in [9.17, 15) is 18.3 Å². The highest BCUT2D eigenvalue weighted by atomic mass is 32.2. The lowest BCUT2D eigenvalue weighted by molar-refractivity contribution is -0.116. The number of amides is 1. The minimum Gasteiger partial charge on any atom is -0.508 e. The lowest BCUT2D eigenvalue weighted by Gasteiger charge is -2.27. The van der Waals surface area contributed by atoms with Crippen LogP contribution in [-0.4, -0.2) is 26.0 Å². The molecule has 0 aliphatic carbocycles. The number of hydrogen-bond donors (Lipinski definition) is 2. The van der Waals surface area contributed by atoms with Crippen LogP contribution in [0, 0.1) is 5.92 Å². The van der Waals surface area contributed by atoms with Gasteiger partial charge in [0.25, 0.3) is 10.0 Å². The average Bonchev–Trinajstić information content (AvgIpc) is 2.58. The number of phenols is 1. The zero-order valence-corrected chi connectivity index (χ0v) is 15.6. The Hall–Kier alpha value is -2.54. The second kappa shape index (κ2) is 6.99. The topological polar surface area (TPSA) is 86.7 Å². The van der Waals surface area contributed by atoms with Crippen molar-refractivity contribution < 1.29 is 18.3 Å². The molecule has 0 radical (unpaired) electrons. The number of rotatable bonds is 5. The number of nitrogens with one attached hydrogen (secondary N) is 1. The van der Waals surface area contributed by atoms with E-state index in [1.54, 1.807) is 24.3 Å². The zero-order valence-electron chi connectivity index (χ0n) is 14.8. The van der Waals surface area contributed by atoms with Gasteiger partial charge in [-0.05, 0) is 48.2 Å². The zero-order chi connectivity index (χ0) is 18.9. The summed E-state index contributed by atoms with van der Waals surface area (Å²) in [7, 11) is -3.80. The third kappa shape index (κ3) is 3.67. The Balaban J connectivity index is 2.04. The SMILES string of the molecule is CC(C)CN(c1cccc(O)c1)S(=O)(=O)c1ccc2c(c1)CCC(=O)N2. The maximum atomic E-state index is 13.3. The molecule has 0 spiro atoms. The summed E-state index contributed by atoms with van der Waals surface area (Å²) in [5.41, 5.74) is 1.89. The van der Waals surface area contributed by atoms with Crippen LogP contribution in [-0.2, 0) is 21.2 Å². The van der Waals surface area contributed by atoms with Crippen LogP contribution in [0.4, 0.5) is 11.4 Å². The van der Waals surface area contributed by atoms with Crippen molar-refractivity contribution in [2.24, 2.45) is 5.92 Å². The van der Waals surface area contributed by atoms with Crippen LogP contribution >= 0.6 is 0 Å². The molecule has 1 heterocycles. The van der Waals surface area contributed by atoms with E-state index in [2.05, 4.69) is 5.32 Å². The third-order valence-electron chi connectivity index (χ3n) is 4.21. The Bertz CT molecular complexity index is 938. The third-order valence-corrected chi connectivity index (χ3v) is 6.00. The van der Waals surface area contributed by atoms with Crippen LogP contribution in [0.25, 0.3) is 0 Å². The van der Waals surface area contributed by atoms with Gasteiger partial charge >= 0.3 is 0 Å². The molecular formula is C19H22N2O4S. The van der Waals surface area contributed by atoms with Crippen molar-refractivity contribution in [3.8, 4) is 5.75 Å². The Morgan fingerprint density at radius 1 is 1.15 bits per heavy atom. The maximum Gasteiger partial charge on any atom is 0.264 e. The fraction of sp³-hybridized carbons (Fsp3) is 0.316. The lowest BCUT2D eigenvalue weighted by atomic mass is 10.0. The van der Waals surface area contributed by atoms with Crippen LogP contribution < -0.4 is 9.62 Å². The summed E-state index contributed by atoms with van der Waals surface area (Å²) in [4.78, 5) is 11.7. The van der Waals surface area contributed by atoms with E-state index in [1.165, 1.54) is 22.5 Å². The predicted octanol–water partition coefficient (Wildman–Crippen LogP) is 3.13. The van der Waals surface area contributed by atoms with Crippen molar-refractivity contribution >= 4 is 27.3 Å². The number of carbonyl (C=O) groups excluding carboxylic acids is 1. The quantitative estimate of drug-likeness (QED) is 0.842. The Morgan fingerprint density at radius 3 is 2.62 bits per heavy atom. The number of benzene rings is 2. The molecule has 2 aromatic rings. The monoisotopic (exact) mass is 374 g/mol. The van der Waals surface area contributed by atoms with Gasteiger partial charge < -0.3 is 10.4 Å². The van der Waals surface area contributed by atoms with Crippen molar-refractivity contribution in [1.82, 2.24) is 0 Å². The molecule has 3 rings (SSSR count). The van der Waals surface area contributed by atoms with Gasteiger partial charge in [-0.1, -0.05) is 19.9 Å². The molecular weight excluding hydrogens is 352 g/mol. The maximum absolute atomic E-state index is 13.3. The number of aromatic hydroxyl groups is 1. The molecule has 7 heteroatoms. The molecule has 2 aromatic carbocycles. The van der Waals surface area contributed by atoms with Gasteiger partial charge in [0.2, 0.25) is 5.91 Å². The normalized spacial score (nSPS) is 14.0. The first-order chi connectivity index (χ1) is 12.3. The van der Waals surface area contributed by atoms with Crippen LogP contribution in [0.15, 0.2) is 47.4 Å². The highest BCUT2D eigenvalue weighted by Gasteiger charge is 2.27. The molecule has 0 saturated heterocycles. The lowest BCUT2D eigenvalue weighted by Crippen LogP contribution is -2.34. The van der Waals surface area contributed by atoms with Gasteiger partial charge in [-0.3, -0.25) is 9.10 Å². The molecule has 138 valence electrons. The number of anilines is 2. The summed E-state index contributed by atoms with van der Waals surface area (Å²) in [6.07, 6.45) is 0.861. The van der Waals surface area contributed by atoms with Gasteiger partial charge in [-0.2, -0.15) is 0 Å². The van der Waals surface area contributed by atoms with Gasteiger partial charge in [-0.15, -0.1) is 0 Å². The smallest absolute Gasteiger partial charge is 0.264 e. The van der Waals surface area contributed by atoms with Crippen molar-refractivity contribution in [2.45, 2.75) is 31.6 Å². The summed E-state index contributed by atoms with van der Waals surface area (Å²) < 4.78 is 27.9. The Morgan fingerprint density at radius 2 is 1.92 bits per heavy atom. The minimum absolute atomic E-state index is 0.0135. The van der Waals surface area contributed by atoms with Gasteiger partial charge in [0.1, 0.15) is 5.75 Å². The van der Waals surface area contributed by atoms with Crippen molar-refractivity contribution in [3.05, 3.63) is 48.0 Å². The van der Waals surface area contributed by atoms with Gasteiger partial charge in [-0.25, -0.2) is 8.42 Å². The molecule has 1 amide bonds. The Labute approximate surface area is 153 Å². The largest absolute Gasteiger partial charge is 0.508 e. The first-order valence-corrected chi connectivity index (χ1v) is 9.96. The van der Waals surface area contributed by atoms with Gasteiger partial charge in [0.05, 0.1) is 10.6 Å². The van der Waals surface area contributed by atoms with Crippen molar-refractivity contribution in [1.29, 1.82) is 0 Å². The summed E-state index contributed by atoms with van der Waals surface area (Å²) in [5.74, 6) is 0.0537. The number of carbonyl (C=O) groups is 1. The van der Waals surface area contributed by atoms with Crippen molar-refractivity contribution in [3.63, 3.8) is 0 Å². The average molecular weight is 374 g/mol. The van der Waals surface area contributed by atoms with Crippen LogP contribution in [0.2, 0.25) is 0 Å².